The molecular weight excluding hydrogens is 330 g/mol. The Morgan fingerprint density at radius 1 is 1.33 bits per heavy atom. The summed E-state index contributed by atoms with van der Waals surface area (Å²) >= 11 is 3.56. The van der Waals surface area contributed by atoms with Crippen LogP contribution in [-0.2, 0) is 0 Å². The summed E-state index contributed by atoms with van der Waals surface area (Å²) in [7, 11) is 2.02. The lowest BCUT2D eigenvalue weighted by Crippen LogP contribution is -2.51. The van der Waals surface area contributed by atoms with Gasteiger partial charge in [-0.25, -0.2) is 4.98 Å². The summed E-state index contributed by atoms with van der Waals surface area (Å²) in [5.74, 6) is 0. The van der Waals surface area contributed by atoms with Gasteiger partial charge in [0.25, 0.3) is 0 Å². The first-order valence-corrected chi connectivity index (χ1v) is 8.90. The van der Waals surface area contributed by atoms with Gasteiger partial charge in [-0.15, -0.1) is 0 Å². The van der Waals surface area contributed by atoms with Gasteiger partial charge < -0.3 is 10.3 Å². The fourth-order valence-electron chi connectivity index (χ4n) is 3.81. The minimum absolute atomic E-state index is 0.373. The molecule has 21 heavy (non-hydrogen) atoms. The van der Waals surface area contributed by atoms with E-state index in [9.17, 15) is 0 Å². The zero-order valence-corrected chi connectivity index (χ0v) is 14.4. The third-order valence-corrected chi connectivity index (χ3v) is 5.61. The van der Waals surface area contributed by atoms with E-state index >= 15 is 0 Å². The van der Waals surface area contributed by atoms with Crippen LogP contribution in [0, 0.1) is 0 Å². The lowest BCUT2D eigenvalue weighted by atomic mass is 10.1. The van der Waals surface area contributed by atoms with Crippen molar-refractivity contribution in [2.75, 3.05) is 39.8 Å². The van der Waals surface area contributed by atoms with Crippen molar-refractivity contribution in [2.45, 2.75) is 37.8 Å². The zero-order valence-electron chi connectivity index (χ0n) is 12.8. The number of nitrogens with zero attached hydrogens (tertiary/aromatic N) is 3. The highest BCUT2D eigenvalue weighted by molar-refractivity contribution is 9.10. The van der Waals surface area contributed by atoms with Crippen LogP contribution in [0.2, 0.25) is 0 Å². The molecule has 5 nitrogen and oxygen atoms in total. The van der Waals surface area contributed by atoms with Crippen LogP contribution in [0.3, 0.4) is 0 Å². The Balaban J connectivity index is 1.61. The molecule has 118 valence electrons. The first-order valence-electron chi connectivity index (χ1n) is 8.11. The second-order valence-electron chi connectivity index (χ2n) is 6.19. The van der Waals surface area contributed by atoms with E-state index in [0.717, 1.165) is 30.3 Å². The van der Waals surface area contributed by atoms with Crippen LogP contribution >= 0.6 is 15.9 Å². The van der Waals surface area contributed by atoms with Crippen LogP contribution in [0.1, 0.15) is 37.4 Å². The quantitative estimate of drug-likeness (QED) is 0.847. The fraction of sp³-hybridized carbons (Fsp3) is 0.800. The lowest BCUT2D eigenvalue weighted by molar-refractivity contribution is 0.0689. The Hall–Kier alpha value is -0.430. The molecule has 1 aliphatic carbocycles. The first kappa shape index (κ1) is 15.5. The number of hydrogen-bond donors (Lipinski definition) is 2. The number of piperazine rings is 1. The van der Waals surface area contributed by atoms with E-state index in [1.54, 1.807) is 6.33 Å². The highest BCUT2D eigenvalue weighted by Gasteiger charge is 2.30. The molecule has 6 heteroatoms. The first-order chi connectivity index (χ1) is 10.3. The van der Waals surface area contributed by atoms with E-state index in [0.29, 0.717) is 6.04 Å². The molecule has 1 aliphatic heterocycles. The van der Waals surface area contributed by atoms with Crippen LogP contribution in [0.4, 0.5) is 0 Å². The highest BCUT2D eigenvalue weighted by Crippen LogP contribution is 2.28. The molecule has 0 aromatic carbocycles. The van der Waals surface area contributed by atoms with Crippen LogP contribution < -0.4 is 5.32 Å². The maximum atomic E-state index is 4.29. The van der Waals surface area contributed by atoms with Crippen molar-refractivity contribution in [1.82, 2.24) is 25.1 Å². The summed E-state index contributed by atoms with van der Waals surface area (Å²) in [5, 5.41) is 3.32. The molecule has 2 N–H and O–H groups in total. The molecule has 0 spiro atoms. The Kier molecular flexibility index (Phi) is 5.32. The second-order valence-corrected chi connectivity index (χ2v) is 6.94. The van der Waals surface area contributed by atoms with Crippen molar-refractivity contribution in [2.24, 2.45) is 0 Å². The van der Waals surface area contributed by atoms with Gasteiger partial charge in [0.15, 0.2) is 0 Å². The number of imidazole rings is 1. The molecule has 1 saturated heterocycles. The van der Waals surface area contributed by atoms with Crippen molar-refractivity contribution in [1.29, 1.82) is 0 Å². The van der Waals surface area contributed by atoms with E-state index in [1.165, 1.54) is 44.5 Å². The van der Waals surface area contributed by atoms with Crippen LogP contribution in [0.25, 0.3) is 0 Å². The summed E-state index contributed by atoms with van der Waals surface area (Å²) in [6.07, 6.45) is 7.44. The highest BCUT2D eigenvalue weighted by atomic mass is 79.9. The summed E-state index contributed by atoms with van der Waals surface area (Å²) < 4.78 is 0.945. The van der Waals surface area contributed by atoms with Gasteiger partial charge in [0, 0.05) is 38.8 Å². The number of nitrogens with one attached hydrogen (secondary N) is 2. The monoisotopic (exact) mass is 355 g/mol. The maximum absolute atomic E-state index is 4.29. The van der Waals surface area contributed by atoms with Gasteiger partial charge in [-0.1, -0.05) is 12.8 Å². The Morgan fingerprint density at radius 3 is 2.62 bits per heavy atom. The van der Waals surface area contributed by atoms with E-state index in [2.05, 4.69) is 41.0 Å². The van der Waals surface area contributed by atoms with Gasteiger partial charge in [0.1, 0.15) is 4.60 Å². The molecule has 3 rings (SSSR count). The molecule has 2 fully saturated rings. The largest absolute Gasteiger partial charge is 0.346 e. The van der Waals surface area contributed by atoms with Gasteiger partial charge in [0.05, 0.1) is 18.1 Å². The third kappa shape index (κ3) is 3.50. The standard InChI is InChI=1S/C15H26BrN5/c1-17-10-13(14-15(16)19-11-18-14)21-8-6-20(7-9-21)12-4-2-3-5-12/h11-13,17H,2-10H2,1H3,(H,18,19). The normalized spacial score (nSPS) is 23.7. The summed E-state index contributed by atoms with van der Waals surface area (Å²) in [6.45, 7) is 5.65. The Morgan fingerprint density at radius 2 is 2.05 bits per heavy atom. The fourth-order valence-corrected chi connectivity index (χ4v) is 4.29. The molecule has 1 aromatic rings. The van der Waals surface area contributed by atoms with E-state index < -0.39 is 0 Å². The number of likely N-dealkylation sites (N-methyl/N-ethyl adjacent to an activating group) is 1. The average molecular weight is 356 g/mol. The lowest BCUT2D eigenvalue weighted by Gasteiger charge is -2.41. The molecule has 0 radical (unpaired) electrons. The molecule has 2 heterocycles. The number of aromatic amines is 1. The van der Waals surface area contributed by atoms with Crippen LogP contribution in [0.5, 0.6) is 0 Å². The number of rotatable bonds is 5. The van der Waals surface area contributed by atoms with Gasteiger partial charge >= 0.3 is 0 Å². The molecule has 1 atom stereocenters. The van der Waals surface area contributed by atoms with Crippen molar-refractivity contribution < 1.29 is 0 Å². The van der Waals surface area contributed by atoms with Crippen LogP contribution in [-0.4, -0.2) is 65.6 Å². The van der Waals surface area contributed by atoms with Gasteiger partial charge in [0.2, 0.25) is 0 Å². The molecule has 2 aliphatic rings. The zero-order chi connectivity index (χ0) is 14.7. The molecule has 0 amide bonds. The Bertz CT molecular complexity index is 435. The number of H-pyrrole nitrogens is 1. The average Bonchev–Trinajstić information content (AvgIpc) is 3.17. The second kappa shape index (κ2) is 7.22. The third-order valence-electron chi connectivity index (χ3n) is 4.98. The topological polar surface area (TPSA) is 47.2 Å². The van der Waals surface area contributed by atoms with Crippen LogP contribution in [0.15, 0.2) is 10.9 Å². The van der Waals surface area contributed by atoms with E-state index in [-0.39, 0.29) is 0 Å². The van der Waals surface area contributed by atoms with Gasteiger partial charge in [-0.3, -0.25) is 9.80 Å². The number of halogens is 1. The van der Waals surface area contributed by atoms with E-state index in [4.69, 9.17) is 0 Å². The summed E-state index contributed by atoms with van der Waals surface area (Å²) in [5.41, 5.74) is 1.19. The number of aromatic nitrogens is 2. The van der Waals surface area contributed by atoms with Crippen molar-refractivity contribution >= 4 is 15.9 Å². The smallest absolute Gasteiger partial charge is 0.128 e. The predicted octanol–water partition coefficient (Wildman–Crippen LogP) is 1.99. The minimum atomic E-state index is 0.373. The van der Waals surface area contributed by atoms with Crippen molar-refractivity contribution in [3.05, 3.63) is 16.6 Å². The summed E-state index contributed by atoms with van der Waals surface area (Å²) in [4.78, 5) is 12.9. The predicted molar refractivity (Wildman–Crippen MR) is 88.4 cm³/mol. The SMILES string of the molecule is CNCC(c1[nH]cnc1Br)N1CCN(C2CCCC2)CC1. The maximum Gasteiger partial charge on any atom is 0.128 e. The van der Waals surface area contributed by atoms with Gasteiger partial charge in [-0.05, 0) is 35.8 Å². The minimum Gasteiger partial charge on any atom is -0.346 e. The van der Waals surface area contributed by atoms with Gasteiger partial charge in [-0.2, -0.15) is 0 Å². The van der Waals surface area contributed by atoms with Crippen molar-refractivity contribution in [3.63, 3.8) is 0 Å². The van der Waals surface area contributed by atoms with E-state index in [1.807, 2.05) is 7.05 Å². The number of hydrogen-bond acceptors (Lipinski definition) is 4. The van der Waals surface area contributed by atoms with Crippen molar-refractivity contribution in [3.8, 4) is 0 Å². The molecule has 1 aromatic heterocycles. The Labute approximate surface area is 135 Å². The molecular formula is C15H26BrN5. The molecule has 1 saturated carbocycles. The molecule has 1 unspecified atom stereocenters. The summed E-state index contributed by atoms with van der Waals surface area (Å²) in [6, 6.07) is 1.23. The molecule has 0 bridgehead atoms.